The molecule has 0 saturated carbocycles. The topological polar surface area (TPSA) is 30.2 Å². The summed E-state index contributed by atoms with van der Waals surface area (Å²) >= 11 is 2.37. The first-order valence-electron chi connectivity index (χ1n) is 3.94. The summed E-state index contributed by atoms with van der Waals surface area (Å²) in [7, 11) is 0. The Balaban J connectivity index is 2.81. The van der Waals surface area contributed by atoms with E-state index in [4.69, 9.17) is 4.42 Å². The number of fused-ring (bicyclic) bond motifs is 1. The van der Waals surface area contributed by atoms with Crippen molar-refractivity contribution in [2.75, 3.05) is 0 Å². The first kappa shape index (κ1) is 8.58. The van der Waals surface area contributed by atoms with Crippen LogP contribution in [0, 0.1) is 0 Å². The molecule has 2 rings (SSSR count). The molecule has 0 N–H and O–H groups in total. The van der Waals surface area contributed by atoms with Gasteiger partial charge in [-0.3, -0.25) is 0 Å². The summed E-state index contributed by atoms with van der Waals surface area (Å²) in [6.45, 7) is 0. The van der Waals surface area contributed by atoms with Crippen molar-refractivity contribution in [3.8, 4) is 0 Å². The molecule has 2 aromatic rings. The van der Waals surface area contributed by atoms with Crippen molar-refractivity contribution in [3.63, 3.8) is 0 Å². The maximum absolute atomic E-state index is 11.3. The van der Waals surface area contributed by atoms with E-state index >= 15 is 0 Å². The van der Waals surface area contributed by atoms with Gasteiger partial charge < -0.3 is 0 Å². The van der Waals surface area contributed by atoms with Crippen LogP contribution in [-0.4, -0.2) is 16.9 Å². The van der Waals surface area contributed by atoms with Crippen LogP contribution in [0.4, 0.5) is 0 Å². The molecule has 13 heavy (non-hydrogen) atoms. The zero-order chi connectivity index (χ0) is 9.26. The van der Waals surface area contributed by atoms with Crippen LogP contribution in [0.1, 0.15) is 5.56 Å². The van der Waals surface area contributed by atoms with Gasteiger partial charge in [-0.2, -0.15) is 0 Å². The maximum atomic E-state index is 11.3. The Morgan fingerprint density at radius 2 is 2.08 bits per heavy atom. The molecule has 0 unspecified atom stereocenters. The quantitative estimate of drug-likeness (QED) is 0.552. The van der Waals surface area contributed by atoms with Gasteiger partial charge in [-0.05, 0) is 0 Å². The Morgan fingerprint density at radius 1 is 1.31 bits per heavy atom. The number of rotatable bonds is 1. The molecule has 64 valence electrons. The van der Waals surface area contributed by atoms with Gasteiger partial charge in [0.05, 0.1) is 0 Å². The summed E-state index contributed by atoms with van der Waals surface area (Å²) in [4.78, 5) is 11.3. The summed E-state index contributed by atoms with van der Waals surface area (Å²) in [6, 6.07) is 9.39. The second kappa shape index (κ2) is 3.39. The molecular weight excluding hydrogens is 227 g/mol. The Morgan fingerprint density at radius 3 is 2.85 bits per heavy atom. The van der Waals surface area contributed by atoms with E-state index in [-0.39, 0.29) is 5.63 Å². The molecule has 0 atom stereocenters. The third kappa shape index (κ3) is 1.54. The first-order chi connectivity index (χ1) is 6.31. The van der Waals surface area contributed by atoms with Gasteiger partial charge in [0.1, 0.15) is 0 Å². The summed E-state index contributed by atoms with van der Waals surface area (Å²) < 4.78 is 5.12. The number of para-hydroxylation sites is 1. The Hall–Kier alpha value is -1.01. The standard InChI is InChI=1S/C10H7AsO2/c11-6-8-5-7-3-1-2-4-9(7)13-10(8)12/h1-5H,6H2. The molecule has 1 aromatic heterocycles. The monoisotopic (exact) mass is 234 g/mol. The van der Waals surface area contributed by atoms with Gasteiger partial charge in [0.25, 0.3) is 0 Å². The van der Waals surface area contributed by atoms with Gasteiger partial charge in [-0.1, -0.05) is 0 Å². The van der Waals surface area contributed by atoms with Gasteiger partial charge in [-0.25, -0.2) is 0 Å². The van der Waals surface area contributed by atoms with E-state index in [2.05, 4.69) is 16.9 Å². The van der Waals surface area contributed by atoms with Crippen LogP contribution in [-0.2, 0) is 5.21 Å². The van der Waals surface area contributed by atoms with Crippen molar-refractivity contribution in [2.45, 2.75) is 5.21 Å². The Bertz CT molecular complexity index is 487. The summed E-state index contributed by atoms with van der Waals surface area (Å²) in [5.74, 6) is 0. The van der Waals surface area contributed by atoms with Crippen LogP contribution in [0.2, 0.25) is 0 Å². The molecule has 0 spiro atoms. The predicted molar refractivity (Wildman–Crippen MR) is 51.9 cm³/mol. The number of hydrogen-bond donors (Lipinski definition) is 0. The molecule has 2 nitrogen and oxygen atoms in total. The normalized spacial score (nSPS) is 10.5. The molecule has 0 aliphatic carbocycles. The van der Waals surface area contributed by atoms with E-state index in [1.165, 1.54) is 0 Å². The molecule has 1 heterocycles. The van der Waals surface area contributed by atoms with Gasteiger partial charge in [0, 0.05) is 0 Å². The van der Waals surface area contributed by atoms with Gasteiger partial charge in [0.15, 0.2) is 0 Å². The average Bonchev–Trinajstić information content (AvgIpc) is 2.17. The predicted octanol–water partition coefficient (Wildman–Crippen LogP) is 1.46. The molecule has 2 radical (unpaired) electrons. The molecule has 0 amide bonds. The van der Waals surface area contributed by atoms with Crippen LogP contribution in [0.3, 0.4) is 0 Å². The molecule has 0 fully saturated rings. The molecule has 1 aromatic carbocycles. The molecular formula is C10H7AsO2. The van der Waals surface area contributed by atoms with E-state index in [9.17, 15) is 4.79 Å². The first-order valence-corrected chi connectivity index (χ1v) is 5.26. The van der Waals surface area contributed by atoms with Crippen LogP contribution < -0.4 is 5.63 Å². The van der Waals surface area contributed by atoms with Crippen LogP contribution in [0.15, 0.2) is 39.5 Å². The molecule has 0 aliphatic rings. The van der Waals surface area contributed by atoms with E-state index in [0.29, 0.717) is 16.4 Å². The number of benzene rings is 1. The molecule has 3 heteroatoms. The zero-order valence-corrected chi connectivity index (χ0v) is 8.73. The van der Waals surface area contributed by atoms with Crippen molar-refractivity contribution in [1.82, 2.24) is 0 Å². The fourth-order valence-corrected chi connectivity index (χ4v) is 1.68. The van der Waals surface area contributed by atoms with Gasteiger partial charge >= 0.3 is 83.8 Å². The Kier molecular flexibility index (Phi) is 2.24. The Labute approximate surface area is 84.1 Å². The molecule has 0 saturated heterocycles. The second-order valence-corrected chi connectivity index (χ2v) is 3.42. The fourth-order valence-electron chi connectivity index (χ4n) is 1.21. The van der Waals surface area contributed by atoms with Crippen molar-refractivity contribution < 1.29 is 4.42 Å². The van der Waals surface area contributed by atoms with E-state index in [1.54, 1.807) is 6.07 Å². The number of hydrogen-bond acceptors (Lipinski definition) is 2. The average molecular weight is 234 g/mol. The van der Waals surface area contributed by atoms with Crippen molar-refractivity contribution >= 4 is 27.8 Å². The SMILES string of the molecule is O=c1oc2ccccc2cc1C[As]. The van der Waals surface area contributed by atoms with Crippen LogP contribution in [0.25, 0.3) is 11.0 Å². The molecule has 0 aliphatic heterocycles. The van der Waals surface area contributed by atoms with E-state index in [0.717, 1.165) is 5.39 Å². The molecule has 0 bridgehead atoms. The third-order valence-corrected chi connectivity index (χ3v) is 2.60. The van der Waals surface area contributed by atoms with Crippen molar-refractivity contribution in [2.24, 2.45) is 0 Å². The van der Waals surface area contributed by atoms with Crippen LogP contribution in [0.5, 0.6) is 0 Å². The van der Waals surface area contributed by atoms with E-state index < -0.39 is 0 Å². The summed E-state index contributed by atoms with van der Waals surface area (Å²) in [6.07, 6.45) is 0. The van der Waals surface area contributed by atoms with Crippen molar-refractivity contribution in [3.05, 3.63) is 46.3 Å². The van der Waals surface area contributed by atoms with Crippen molar-refractivity contribution in [1.29, 1.82) is 0 Å². The van der Waals surface area contributed by atoms with Crippen LogP contribution >= 0.6 is 0 Å². The fraction of sp³-hybridized carbons (Fsp3) is 0.100. The minimum atomic E-state index is -0.237. The van der Waals surface area contributed by atoms with Gasteiger partial charge in [-0.15, -0.1) is 0 Å². The summed E-state index contributed by atoms with van der Waals surface area (Å²) in [5, 5.41) is 1.63. The minimum absolute atomic E-state index is 0.237. The van der Waals surface area contributed by atoms with E-state index in [1.807, 2.05) is 24.3 Å². The summed E-state index contributed by atoms with van der Waals surface area (Å²) in [5.41, 5.74) is 1.12. The third-order valence-electron chi connectivity index (χ3n) is 1.88. The zero-order valence-electron chi connectivity index (χ0n) is 6.86. The second-order valence-electron chi connectivity index (χ2n) is 2.76. The van der Waals surface area contributed by atoms with Gasteiger partial charge in [0.2, 0.25) is 0 Å².